The van der Waals surface area contributed by atoms with Gasteiger partial charge in [-0.1, -0.05) is 25.1 Å². The van der Waals surface area contributed by atoms with Gasteiger partial charge in [-0.2, -0.15) is 0 Å². The molecule has 2 rings (SSSR count). The van der Waals surface area contributed by atoms with E-state index in [1.54, 1.807) is 4.73 Å². The Hall–Kier alpha value is -1.56. The van der Waals surface area contributed by atoms with Gasteiger partial charge < -0.3 is 0 Å². The Balaban J connectivity index is 0.000000270. The van der Waals surface area contributed by atoms with Crippen molar-refractivity contribution < 1.29 is 34.7 Å². The molecule has 0 bridgehead atoms. The molecule has 120 valence electrons. The van der Waals surface area contributed by atoms with Crippen molar-refractivity contribution in [2.45, 2.75) is 13.3 Å². The van der Waals surface area contributed by atoms with Crippen LogP contribution in [0.4, 0.5) is 25.2 Å². The number of pyridine rings is 1. The van der Waals surface area contributed by atoms with Gasteiger partial charge in [-0.25, -0.2) is 0 Å². The van der Waals surface area contributed by atoms with Crippen LogP contribution in [0.1, 0.15) is 13.3 Å². The molecule has 1 aromatic carbocycles. The van der Waals surface area contributed by atoms with E-state index in [0.717, 1.165) is 13.0 Å². The van der Waals surface area contributed by atoms with E-state index in [-0.39, 0.29) is 0 Å². The molecule has 0 atom stereocenters. The molecule has 0 fully saturated rings. The van der Waals surface area contributed by atoms with Crippen LogP contribution in [0.3, 0.4) is 0 Å². The van der Waals surface area contributed by atoms with E-state index in [1.165, 1.54) is 10.8 Å². The van der Waals surface area contributed by atoms with Gasteiger partial charge in [0.05, 0.1) is 5.39 Å². The van der Waals surface area contributed by atoms with Crippen molar-refractivity contribution in [2.24, 2.45) is 0 Å². The number of nitrogens with zero attached hydrogens (tertiary/aromatic N) is 1. The molecule has 0 N–H and O–H groups in total. The van der Waals surface area contributed by atoms with Crippen LogP contribution >= 0.6 is 7.81 Å². The van der Waals surface area contributed by atoms with E-state index in [1.807, 2.05) is 24.5 Å². The molecule has 21 heavy (non-hydrogen) atoms. The fourth-order valence-corrected chi connectivity index (χ4v) is 1.39. The topological polar surface area (TPSA) is 13.1 Å². The van der Waals surface area contributed by atoms with Gasteiger partial charge in [-0.15, -0.1) is 0 Å². The summed E-state index contributed by atoms with van der Waals surface area (Å²) in [6.07, 6.45) is 4.98. The van der Waals surface area contributed by atoms with Gasteiger partial charge in [0.25, 0.3) is 0 Å². The molecule has 1 heterocycles. The summed E-state index contributed by atoms with van der Waals surface area (Å²) in [4.78, 5) is 5.48. The molecule has 0 saturated carbocycles. The van der Waals surface area contributed by atoms with Gasteiger partial charge in [0.15, 0.2) is 6.61 Å². The first-order valence-corrected chi connectivity index (χ1v) is 7.98. The third-order valence-corrected chi connectivity index (χ3v) is 2.11. The van der Waals surface area contributed by atoms with Gasteiger partial charge in [0.1, 0.15) is 0 Å². The fraction of sp³-hybridized carbons (Fsp3) is 0.250. The molecule has 2 nitrogen and oxygen atoms in total. The first kappa shape index (κ1) is 17.5. The summed E-state index contributed by atoms with van der Waals surface area (Å²) >= 11 is 0. The molecule has 9 heteroatoms. The fourth-order valence-electron chi connectivity index (χ4n) is 1.39. The van der Waals surface area contributed by atoms with Crippen molar-refractivity contribution in [1.29, 1.82) is 0 Å². The normalized spacial score (nSPS) is 14.6. The molecule has 0 aliphatic rings. The van der Waals surface area contributed by atoms with Crippen molar-refractivity contribution in [3.8, 4) is 0 Å². The second kappa shape index (κ2) is 5.33. The Bertz CT molecular complexity index is 602. The van der Waals surface area contributed by atoms with Crippen LogP contribution in [-0.4, -0.2) is 6.61 Å². The van der Waals surface area contributed by atoms with Crippen molar-refractivity contribution in [3.63, 3.8) is 0 Å². The first-order valence-electron chi connectivity index (χ1n) is 5.95. The van der Waals surface area contributed by atoms with Gasteiger partial charge in [0, 0.05) is 10.8 Å². The number of halogens is 6. The Kier molecular flexibility index (Phi) is 4.44. The van der Waals surface area contributed by atoms with E-state index in [4.69, 9.17) is 4.84 Å². The second-order valence-electron chi connectivity index (χ2n) is 4.23. The summed E-state index contributed by atoms with van der Waals surface area (Å²) in [7, 11) is -10.7. The Morgan fingerprint density at radius 1 is 0.952 bits per heavy atom. The maximum atomic E-state index is 9.87. The third-order valence-electron chi connectivity index (χ3n) is 2.11. The van der Waals surface area contributed by atoms with E-state index < -0.39 is 7.81 Å². The summed E-state index contributed by atoms with van der Waals surface area (Å²) in [6, 6.07) is 10.3. The van der Waals surface area contributed by atoms with Crippen molar-refractivity contribution in [3.05, 3.63) is 42.7 Å². The van der Waals surface area contributed by atoms with E-state index >= 15 is 0 Å². The summed E-state index contributed by atoms with van der Waals surface area (Å²) < 4.78 is 61.0. The van der Waals surface area contributed by atoms with Crippen LogP contribution in [0.5, 0.6) is 0 Å². The van der Waals surface area contributed by atoms with Crippen LogP contribution in [-0.2, 0) is 0 Å². The quantitative estimate of drug-likeness (QED) is 0.419. The molecular formula is C12H14F6NOP. The van der Waals surface area contributed by atoms with Crippen molar-refractivity contribution >= 4 is 18.6 Å². The number of rotatable bonds is 3. The van der Waals surface area contributed by atoms with Crippen LogP contribution in [0.25, 0.3) is 10.8 Å². The summed E-state index contributed by atoms with van der Waals surface area (Å²) in [5, 5.41) is 2.44. The predicted octanol–water partition coefficient (Wildman–Crippen LogP) is 5.35. The number of aromatic nitrogens is 1. The molecule has 0 unspecified atom stereocenters. The van der Waals surface area contributed by atoms with E-state index in [0.29, 0.717) is 0 Å². The second-order valence-corrected chi connectivity index (χ2v) is 6.14. The SMILES string of the molecule is CCCO[n+]1ccc2ccccc2c1.F[P-](F)(F)(F)(F)F. The Morgan fingerprint density at radius 2 is 1.48 bits per heavy atom. The molecule has 0 radical (unpaired) electrons. The number of fused-ring (bicyclic) bond motifs is 1. The minimum absolute atomic E-state index is 0.753. The number of hydrogen-bond acceptors (Lipinski definition) is 1. The third kappa shape index (κ3) is 9.90. The van der Waals surface area contributed by atoms with E-state index in [2.05, 4.69) is 25.1 Å². The maximum absolute atomic E-state index is 10.7. The average molecular weight is 333 g/mol. The van der Waals surface area contributed by atoms with Crippen molar-refractivity contribution in [2.75, 3.05) is 6.61 Å². The van der Waals surface area contributed by atoms with Gasteiger partial charge in [0.2, 0.25) is 12.4 Å². The summed E-state index contributed by atoms with van der Waals surface area (Å²) in [6.45, 7) is 2.85. The molecular weight excluding hydrogens is 319 g/mol. The average Bonchev–Trinajstić information content (AvgIpc) is 2.32. The standard InChI is InChI=1S/C12H14NO.F6P/c1-2-9-14-13-8-7-11-5-3-4-6-12(11)10-13;1-7(2,3,4,5)6/h3-8,10H,2,9H2,1H3;/q+1;-1. The zero-order valence-electron chi connectivity index (χ0n) is 11.0. The van der Waals surface area contributed by atoms with Crippen molar-refractivity contribution in [1.82, 2.24) is 0 Å². The van der Waals surface area contributed by atoms with Crippen LogP contribution in [0.15, 0.2) is 42.7 Å². The molecule has 1 aromatic heterocycles. The zero-order valence-corrected chi connectivity index (χ0v) is 11.9. The molecule has 0 spiro atoms. The van der Waals surface area contributed by atoms with Gasteiger partial charge >= 0.3 is 33.0 Å². The predicted molar refractivity (Wildman–Crippen MR) is 69.4 cm³/mol. The molecule has 0 aliphatic carbocycles. The molecule has 0 amide bonds. The molecule has 0 aliphatic heterocycles. The minimum atomic E-state index is -10.7. The number of benzene rings is 1. The Morgan fingerprint density at radius 3 is 2.00 bits per heavy atom. The molecule has 2 aromatic rings. The zero-order chi connectivity index (χ0) is 16.2. The Labute approximate surface area is 117 Å². The van der Waals surface area contributed by atoms with E-state index in [9.17, 15) is 25.2 Å². The van der Waals surface area contributed by atoms with Gasteiger partial charge in [-0.3, -0.25) is 4.84 Å². The van der Waals surface area contributed by atoms with Crippen LogP contribution in [0, 0.1) is 0 Å². The van der Waals surface area contributed by atoms with Gasteiger partial charge in [-0.05, 0) is 17.9 Å². The molecule has 0 saturated heterocycles. The summed E-state index contributed by atoms with van der Waals surface area (Å²) in [5.74, 6) is 0. The summed E-state index contributed by atoms with van der Waals surface area (Å²) in [5.41, 5.74) is 0. The van der Waals surface area contributed by atoms with Crippen LogP contribution < -0.4 is 9.57 Å². The number of hydrogen-bond donors (Lipinski definition) is 0. The van der Waals surface area contributed by atoms with Crippen LogP contribution in [0.2, 0.25) is 0 Å². The first-order chi connectivity index (χ1) is 9.35. The monoisotopic (exact) mass is 333 g/mol.